The molecule has 144 valence electrons. The number of nitrogens with one attached hydrogen (secondary N) is 1. The fraction of sp³-hybridized carbons (Fsp3) is 0.105. The normalized spacial score (nSPS) is 15.1. The zero-order valence-corrected chi connectivity index (χ0v) is 16.9. The van der Waals surface area contributed by atoms with Crippen LogP contribution in [0.1, 0.15) is 5.56 Å². The number of aliphatic imine (C=N–C) groups is 1. The van der Waals surface area contributed by atoms with E-state index >= 15 is 0 Å². The molecule has 0 spiro atoms. The molecule has 2 aromatic carbocycles. The van der Waals surface area contributed by atoms with E-state index in [2.05, 4.69) is 10.3 Å². The maximum atomic E-state index is 14.3. The Hall–Kier alpha value is -2.35. The summed E-state index contributed by atoms with van der Waals surface area (Å²) in [6.45, 7) is 0. The molecule has 5 nitrogen and oxygen atoms in total. The van der Waals surface area contributed by atoms with E-state index in [0.717, 1.165) is 16.7 Å². The van der Waals surface area contributed by atoms with Crippen molar-refractivity contribution in [2.75, 3.05) is 17.7 Å². The Morgan fingerprint density at radius 2 is 2.00 bits per heavy atom. The van der Waals surface area contributed by atoms with Gasteiger partial charge >= 0.3 is 0 Å². The number of benzene rings is 2. The number of carbonyl (C=O) groups excluding carboxylic acids is 2. The maximum Gasteiger partial charge on any atom is 0.283 e. The smallest absolute Gasteiger partial charge is 0.283 e. The Morgan fingerprint density at radius 1 is 1.25 bits per heavy atom. The van der Waals surface area contributed by atoms with Gasteiger partial charge in [-0.1, -0.05) is 53.2 Å². The highest BCUT2D eigenvalue weighted by atomic mass is 35.5. The van der Waals surface area contributed by atoms with Crippen molar-refractivity contribution in [3.63, 3.8) is 0 Å². The zero-order chi connectivity index (χ0) is 20.3. The molecule has 1 aliphatic heterocycles. The Bertz CT molecular complexity index is 1010. The molecule has 28 heavy (non-hydrogen) atoms. The minimum Gasteiger partial charge on any atom is -0.358 e. The van der Waals surface area contributed by atoms with Crippen LogP contribution in [0.3, 0.4) is 0 Å². The minimum atomic E-state index is -0.570. The molecule has 0 radical (unpaired) electrons. The summed E-state index contributed by atoms with van der Waals surface area (Å²) < 4.78 is 14.3. The highest BCUT2D eigenvalue weighted by molar-refractivity contribution is 8.14. The third-order valence-electron chi connectivity index (χ3n) is 3.78. The third kappa shape index (κ3) is 4.38. The molecule has 3 rings (SSSR count). The van der Waals surface area contributed by atoms with Crippen LogP contribution in [0.4, 0.5) is 10.1 Å². The number of carbonyl (C=O) groups is 2. The van der Waals surface area contributed by atoms with E-state index in [-0.39, 0.29) is 28.2 Å². The van der Waals surface area contributed by atoms with E-state index in [1.54, 1.807) is 24.3 Å². The van der Waals surface area contributed by atoms with Gasteiger partial charge in [-0.15, -0.1) is 0 Å². The van der Waals surface area contributed by atoms with Crippen molar-refractivity contribution in [2.24, 2.45) is 4.99 Å². The molecular formula is C19H14Cl2FN3O2S. The molecule has 1 aliphatic rings. The number of amides is 2. The van der Waals surface area contributed by atoms with Gasteiger partial charge in [0.15, 0.2) is 5.17 Å². The number of thioether (sulfide) groups is 1. The zero-order valence-electron chi connectivity index (χ0n) is 14.6. The lowest BCUT2D eigenvalue weighted by Gasteiger charge is -2.18. The topological polar surface area (TPSA) is 61.8 Å². The Balaban J connectivity index is 2.00. The maximum absolute atomic E-state index is 14.3. The SMILES string of the molecule is CNC(=O)CSC1=NC(=Cc2ccc(Cl)c(Cl)c2)C(=O)N1c1ccccc1F. The summed E-state index contributed by atoms with van der Waals surface area (Å²) in [5, 5.41) is 3.43. The number of para-hydroxylation sites is 1. The molecule has 0 aromatic heterocycles. The van der Waals surface area contributed by atoms with E-state index in [1.807, 2.05) is 0 Å². The van der Waals surface area contributed by atoms with Gasteiger partial charge in [-0.25, -0.2) is 9.38 Å². The summed E-state index contributed by atoms with van der Waals surface area (Å²) in [5.41, 5.74) is 0.779. The number of hydrogen-bond donors (Lipinski definition) is 1. The molecule has 1 heterocycles. The Kier molecular flexibility index (Phi) is 6.39. The number of amidine groups is 1. The van der Waals surface area contributed by atoms with Gasteiger partial charge in [-0.2, -0.15) is 0 Å². The number of hydrogen-bond acceptors (Lipinski definition) is 4. The average molecular weight is 438 g/mol. The molecule has 1 N–H and O–H groups in total. The first kappa shape index (κ1) is 20.4. The van der Waals surface area contributed by atoms with Gasteiger partial charge in [0.1, 0.15) is 11.5 Å². The molecule has 0 fully saturated rings. The van der Waals surface area contributed by atoms with Crippen LogP contribution in [0.25, 0.3) is 6.08 Å². The fourth-order valence-corrected chi connectivity index (χ4v) is 3.59. The summed E-state index contributed by atoms with van der Waals surface area (Å²) in [6.07, 6.45) is 1.53. The average Bonchev–Trinajstić information content (AvgIpc) is 2.98. The molecule has 0 saturated heterocycles. The van der Waals surface area contributed by atoms with Crippen LogP contribution in [0.15, 0.2) is 53.2 Å². The van der Waals surface area contributed by atoms with Crippen molar-refractivity contribution in [1.82, 2.24) is 5.32 Å². The summed E-state index contributed by atoms with van der Waals surface area (Å²) in [6, 6.07) is 10.8. The van der Waals surface area contributed by atoms with Crippen LogP contribution in [-0.4, -0.2) is 29.8 Å². The quantitative estimate of drug-likeness (QED) is 0.722. The molecule has 0 atom stereocenters. The van der Waals surface area contributed by atoms with Crippen LogP contribution in [0.5, 0.6) is 0 Å². The van der Waals surface area contributed by atoms with Crippen LogP contribution in [0.2, 0.25) is 10.0 Å². The standard InChI is InChI=1S/C19H14Cl2FN3O2S/c1-23-17(26)10-28-19-24-15(9-11-6-7-12(20)13(21)8-11)18(27)25(19)16-5-3-2-4-14(16)22/h2-9H,10H2,1H3,(H,23,26). The Labute approximate surface area is 175 Å². The third-order valence-corrected chi connectivity index (χ3v) is 5.46. The number of anilines is 1. The first-order valence-corrected chi connectivity index (χ1v) is 9.82. The van der Waals surface area contributed by atoms with E-state index in [4.69, 9.17) is 23.2 Å². The number of nitrogens with zero attached hydrogens (tertiary/aromatic N) is 2. The molecule has 2 amide bonds. The van der Waals surface area contributed by atoms with Crippen LogP contribution in [0, 0.1) is 5.82 Å². The number of halogens is 3. The van der Waals surface area contributed by atoms with E-state index in [0.29, 0.717) is 15.6 Å². The second-order valence-corrected chi connectivity index (χ2v) is 7.41. The molecule has 2 aromatic rings. The van der Waals surface area contributed by atoms with Crippen molar-refractivity contribution < 1.29 is 14.0 Å². The van der Waals surface area contributed by atoms with Crippen molar-refractivity contribution in [2.45, 2.75) is 0 Å². The van der Waals surface area contributed by atoms with Crippen LogP contribution in [-0.2, 0) is 9.59 Å². The largest absolute Gasteiger partial charge is 0.358 e. The summed E-state index contributed by atoms with van der Waals surface area (Å²) in [7, 11) is 1.51. The van der Waals surface area contributed by atoms with Gasteiger partial charge in [0.2, 0.25) is 5.91 Å². The van der Waals surface area contributed by atoms with E-state index in [9.17, 15) is 14.0 Å². The lowest BCUT2D eigenvalue weighted by molar-refractivity contribution is -0.118. The van der Waals surface area contributed by atoms with Crippen molar-refractivity contribution in [3.8, 4) is 0 Å². The first-order valence-electron chi connectivity index (χ1n) is 8.08. The number of rotatable bonds is 4. The van der Waals surface area contributed by atoms with Gasteiger partial charge in [0.25, 0.3) is 5.91 Å². The van der Waals surface area contributed by atoms with E-state index in [1.165, 1.54) is 31.3 Å². The first-order chi connectivity index (χ1) is 13.4. The minimum absolute atomic E-state index is 0.0353. The van der Waals surface area contributed by atoms with Crippen molar-refractivity contribution in [1.29, 1.82) is 0 Å². The van der Waals surface area contributed by atoms with Gasteiger partial charge in [-0.3, -0.25) is 14.5 Å². The van der Waals surface area contributed by atoms with Crippen molar-refractivity contribution in [3.05, 3.63) is 69.6 Å². The monoisotopic (exact) mass is 437 g/mol. The summed E-state index contributed by atoms with van der Waals surface area (Å²) in [4.78, 5) is 30.0. The fourth-order valence-electron chi connectivity index (χ4n) is 2.40. The summed E-state index contributed by atoms with van der Waals surface area (Å²) in [5.74, 6) is -1.28. The molecule has 0 aliphatic carbocycles. The predicted octanol–water partition coefficient (Wildman–Crippen LogP) is 4.36. The van der Waals surface area contributed by atoms with Crippen LogP contribution < -0.4 is 10.2 Å². The van der Waals surface area contributed by atoms with Gasteiger partial charge < -0.3 is 5.32 Å². The predicted molar refractivity (Wildman–Crippen MR) is 112 cm³/mol. The molecular weight excluding hydrogens is 424 g/mol. The highest BCUT2D eigenvalue weighted by Crippen LogP contribution is 2.31. The summed E-state index contributed by atoms with van der Waals surface area (Å²) >= 11 is 13.0. The molecule has 9 heteroatoms. The van der Waals surface area contributed by atoms with Gasteiger partial charge in [0, 0.05) is 7.05 Å². The van der Waals surface area contributed by atoms with Crippen molar-refractivity contribution >= 4 is 63.7 Å². The second kappa shape index (κ2) is 8.77. The lowest BCUT2D eigenvalue weighted by Crippen LogP contribution is -2.32. The van der Waals surface area contributed by atoms with E-state index < -0.39 is 11.7 Å². The Morgan fingerprint density at radius 3 is 2.68 bits per heavy atom. The second-order valence-electron chi connectivity index (χ2n) is 5.65. The molecule has 0 unspecified atom stereocenters. The lowest BCUT2D eigenvalue weighted by atomic mass is 10.2. The van der Waals surface area contributed by atoms with Gasteiger partial charge in [-0.05, 0) is 35.9 Å². The molecule has 0 bridgehead atoms. The van der Waals surface area contributed by atoms with Crippen LogP contribution >= 0.6 is 35.0 Å². The highest BCUT2D eigenvalue weighted by Gasteiger charge is 2.33. The molecule has 0 saturated carbocycles. The van der Waals surface area contributed by atoms with Gasteiger partial charge in [0.05, 0.1) is 21.5 Å².